The van der Waals surface area contributed by atoms with E-state index in [4.69, 9.17) is 21.2 Å². The molecule has 0 aliphatic rings. The first kappa shape index (κ1) is 10.4. The normalized spacial score (nSPS) is 7.46. The van der Waals surface area contributed by atoms with Crippen molar-refractivity contribution in [2.45, 2.75) is 0 Å². The lowest BCUT2D eigenvalue weighted by Crippen LogP contribution is -1.71. The fraction of sp³-hybridized carbons (Fsp3) is 0. The minimum Gasteiger partial charge on any atom is -0.258 e. The summed E-state index contributed by atoms with van der Waals surface area (Å²) < 4.78 is 0. The summed E-state index contributed by atoms with van der Waals surface area (Å²) in [7, 11) is 0. The van der Waals surface area contributed by atoms with Gasteiger partial charge in [0.05, 0.1) is 0 Å². The Balaban J connectivity index is 4.62. The van der Waals surface area contributed by atoms with Gasteiger partial charge < -0.3 is 0 Å². The van der Waals surface area contributed by atoms with Crippen LogP contribution in [0.1, 0.15) is 0 Å². The van der Waals surface area contributed by atoms with Crippen molar-refractivity contribution in [3.63, 3.8) is 0 Å². The molecule has 0 fully saturated rings. The highest BCUT2D eigenvalue weighted by atomic mass is 14.3. The highest BCUT2D eigenvalue weighted by Crippen LogP contribution is 1.93. The van der Waals surface area contributed by atoms with E-state index in [1.54, 1.807) is 18.2 Å². The van der Waals surface area contributed by atoms with Gasteiger partial charge in [-0.25, -0.2) is 0 Å². The SMILES string of the molecule is N#CC(=C=N)/C=C/C=C(C#N)C#N. The van der Waals surface area contributed by atoms with Gasteiger partial charge in [-0.3, -0.25) is 5.41 Å². The minimum atomic E-state index is -0.0569. The molecular formula is C9H4N4. The summed E-state index contributed by atoms with van der Waals surface area (Å²) in [6.45, 7) is 0. The van der Waals surface area contributed by atoms with Crippen molar-refractivity contribution in [2.75, 3.05) is 0 Å². The molecule has 0 heterocycles. The lowest BCUT2D eigenvalue weighted by molar-refractivity contribution is 1.46. The molecule has 13 heavy (non-hydrogen) atoms. The van der Waals surface area contributed by atoms with Gasteiger partial charge in [0.1, 0.15) is 29.4 Å². The van der Waals surface area contributed by atoms with Gasteiger partial charge in [0, 0.05) is 0 Å². The van der Waals surface area contributed by atoms with Gasteiger partial charge in [-0.2, -0.15) is 15.8 Å². The molecule has 4 heteroatoms. The molecule has 0 bridgehead atoms. The van der Waals surface area contributed by atoms with Gasteiger partial charge in [0.15, 0.2) is 0 Å². The van der Waals surface area contributed by atoms with Crippen LogP contribution in [0, 0.1) is 39.4 Å². The average Bonchev–Trinajstić information content (AvgIpc) is 2.19. The Hall–Kier alpha value is -2.60. The van der Waals surface area contributed by atoms with Gasteiger partial charge >= 0.3 is 0 Å². The molecule has 0 aromatic carbocycles. The van der Waals surface area contributed by atoms with E-state index in [1.165, 1.54) is 18.2 Å². The molecule has 0 spiro atoms. The van der Waals surface area contributed by atoms with Gasteiger partial charge in [0.2, 0.25) is 0 Å². The minimum absolute atomic E-state index is 0.0338. The molecule has 0 rings (SSSR count). The molecule has 1 N–H and O–H groups in total. The van der Waals surface area contributed by atoms with Crippen LogP contribution in [0.2, 0.25) is 0 Å². The monoisotopic (exact) mass is 168 g/mol. The Morgan fingerprint density at radius 2 is 1.69 bits per heavy atom. The van der Waals surface area contributed by atoms with Crippen LogP contribution in [0.15, 0.2) is 29.4 Å². The van der Waals surface area contributed by atoms with Crippen LogP contribution in [0.4, 0.5) is 0 Å². The van der Waals surface area contributed by atoms with E-state index in [2.05, 4.69) is 0 Å². The second-order valence-corrected chi connectivity index (χ2v) is 1.81. The number of rotatable bonds is 2. The Labute approximate surface area is 75.5 Å². The fourth-order valence-electron chi connectivity index (χ4n) is 0.447. The first-order valence-corrected chi connectivity index (χ1v) is 3.16. The van der Waals surface area contributed by atoms with Gasteiger partial charge in [-0.15, -0.1) is 0 Å². The Kier molecular flexibility index (Phi) is 4.91. The molecule has 4 nitrogen and oxygen atoms in total. The fourth-order valence-corrected chi connectivity index (χ4v) is 0.447. The summed E-state index contributed by atoms with van der Waals surface area (Å²) in [6.07, 6.45) is 3.90. The van der Waals surface area contributed by atoms with E-state index in [9.17, 15) is 0 Å². The molecule has 0 aromatic heterocycles. The highest BCUT2D eigenvalue weighted by molar-refractivity contribution is 5.65. The predicted octanol–water partition coefficient (Wildman–Crippen LogP) is 1.21. The number of nitrogens with one attached hydrogen (secondary N) is 1. The zero-order chi connectivity index (χ0) is 10.1. The second kappa shape index (κ2) is 6.13. The smallest absolute Gasteiger partial charge is 0.129 e. The molecular weight excluding hydrogens is 164 g/mol. The predicted molar refractivity (Wildman–Crippen MR) is 45.3 cm³/mol. The maximum Gasteiger partial charge on any atom is 0.129 e. The highest BCUT2D eigenvalue weighted by Gasteiger charge is 1.87. The molecule has 0 aromatic rings. The molecule has 0 aliphatic heterocycles. The first-order chi connectivity index (χ1) is 6.28. The van der Waals surface area contributed by atoms with Crippen LogP contribution >= 0.6 is 0 Å². The summed E-state index contributed by atoms with van der Waals surface area (Å²) in [5, 5.41) is 31.6. The Morgan fingerprint density at radius 3 is 2.08 bits per heavy atom. The summed E-state index contributed by atoms with van der Waals surface area (Å²) >= 11 is 0. The third-order valence-corrected chi connectivity index (χ3v) is 1.02. The molecule has 0 unspecified atom stereocenters. The van der Waals surface area contributed by atoms with Crippen molar-refractivity contribution in [1.29, 1.82) is 21.2 Å². The van der Waals surface area contributed by atoms with Crippen molar-refractivity contribution in [2.24, 2.45) is 0 Å². The van der Waals surface area contributed by atoms with Gasteiger partial charge in [-0.1, -0.05) is 6.08 Å². The molecule has 0 amide bonds. The van der Waals surface area contributed by atoms with E-state index in [0.717, 1.165) is 0 Å². The lowest BCUT2D eigenvalue weighted by atomic mass is 10.2. The summed E-state index contributed by atoms with van der Waals surface area (Å²) in [6, 6.07) is 5.00. The van der Waals surface area contributed by atoms with Crippen molar-refractivity contribution in [1.82, 2.24) is 0 Å². The van der Waals surface area contributed by atoms with E-state index >= 15 is 0 Å². The van der Waals surface area contributed by atoms with Crippen molar-refractivity contribution in [3.05, 3.63) is 29.4 Å². The molecule has 60 valence electrons. The Bertz CT molecular complexity index is 398. The average molecular weight is 168 g/mol. The van der Waals surface area contributed by atoms with Crippen LogP contribution in [-0.2, 0) is 0 Å². The summed E-state index contributed by atoms with van der Waals surface area (Å²) in [4.78, 5) is 0. The van der Waals surface area contributed by atoms with E-state index in [-0.39, 0.29) is 11.1 Å². The number of nitriles is 3. The standard InChI is InChI=1S/C9H4N4/c10-4-8(5-11)2-1-3-9(6-12)7-13/h1-3,10H/b2-1+. The maximum atomic E-state index is 8.33. The zero-order valence-corrected chi connectivity index (χ0v) is 6.57. The van der Waals surface area contributed by atoms with Crippen molar-refractivity contribution < 1.29 is 0 Å². The van der Waals surface area contributed by atoms with Crippen molar-refractivity contribution >= 4 is 5.87 Å². The third kappa shape index (κ3) is 3.96. The summed E-state index contributed by atoms with van der Waals surface area (Å²) in [5.74, 6) is 1.89. The molecule has 0 saturated heterocycles. The largest absolute Gasteiger partial charge is 0.258 e. The van der Waals surface area contributed by atoms with Crippen LogP contribution in [-0.4, -0.2) is 5.87 Å². The van der Waals surface area contributed by atoms with Gasteiger partial charge in [0.25, 0.3) is 0 Å². The second-order valence-electron chi connectivity index (χ2n) is 1.81. The first-order valence-electron chi connectivity index (χ1n) is 3.16. The topological polar surface area (TPSA) is 95.2 Å². The third-order valence-electron chi connectivity index (χ3n) is 1.02. The Morgan fingerprint density at radius 1 is 1.08 bits per heavy atom. The van der Waals surface area contributed by atoms with E-state index in [1.807, 2.05) is 5.87 Å². The molecule has 0 atom stereocenters. The van der Waals surface area contributed by atoms with E-state index in [0.29, 0.717) is 0 Å². The quantitative estimate of drug-likeness (QED) is 0.381. The number of hydrogen-bond donors (Lipinski definition) is 1. The number of hydrogen-bond acceptors (Lipinski definition) is 4. The lowest BCUT2D eigenvalue weighted by Gasteiger charge is -1.77. The van der Waals surface area contributed by atoms with Crippen LogP contribution in [0.3, 0.4) is 0 Å². The van der Waals surface area contributed by atoms with Crippen LogP contribution in [0.25, 0.3) is 0 Å². The van der Waals surface area contributed by atoms with Crippen LogP contribution in [0.5, 0.6) is 0 Å². The zero-order valence-electron chi connectivity index (χ0n) is 6.57. The van der Waals surface area contributed by atoms with Gasteiger partial charge in [-0.05, 0) is 18.0 Å². The van der Waals surface area contributed by atoms with Crippen LogP contribution < -0.4 is 0 Å². The molecule has 0 saturated carbocycles. The van der Waals surface area contributed by atoms with Crippen molar-refractivity contribution in [3.8, 4) is 18.2 Å². The maximum absolute atomic E-state index is 8.33. The number of allylic oxidation sites excluding steroid dienone is 5. The number of nitrogens with zero attached hydrogens (tertiary/aromatic N) is 3. The molecule has 0 radical (unpaired) electrons. The van der Waals surface area contributed by atoms with E-state index < -0.39 is 0 Å². The summed E-state index contributed by atoms with van der Waals surface area (Å²) in [5.41, 5.74) is -0.0231. The molecule has 0 aliphatic carbocycles.